The van der Waals surface area contributed by atoms with E-state index in [4.69, 9.17) is 10.5 Å². The van der Waals surface area contributed by atoms with Crippen molar-refractivity contribution in [3.05, 3.63) is 29.6 Å². The van der Waals surface area contributed by atoms with E-state index in [2.05, 4.69) is 0 Å². The third-order valence-corrected chi connectivity index (χ3v) is 2.86. The van der Waals surface area contributed by atoms with Crippen LogP contribution in [0.1, 0.15) is 24.8 Å². The third-order valence-electron chi connectivity index (χ3n) is 2.86. The summed E-state index contributed by atoms with van der Waals surface area (Å²) in [6.45, 7) is 1.22. The van der Waals surface area contributed by atoms with E-state index in [0.717, 1.165) is 17.9 Å². The van der Waals surface area contributed by atoms with Gasteiger partial charge in [-0.2, -0.15) is 0 Å². The van der Waals surface area contributed by atoms with Crippen LogP contribution < -0.4 is 10.5 Å². The van der Waals surface area contributed by atoms with Crippen molar-refractivity contribution >= 4 is 0 Å². The Balaban J connectivity index is 1.90. The predicted molar refractivity (Wildman–Crippen MR) is 62.0 cm³/mol. The molecule has 0 aromatic heterocycles. The molecule has 1 saturated carbocycles. The predicted octanol–water partition coefficient (Wildman–Crippen LogP) is 2.51. The van der Waals surface area contributed by atoms with Crippen LogP contribution in [0.4, 0.5) is 4.39 Å². The van der Waals surface area contributed by atoms with Gasteiger partial charge in [0, 0.05) is 6.07 Å². The van der Waals surface area contributed by atoms with E-state index in [1.54, 1.807) is 0 Å². The molecule has 1 fully saturated rings. The number of hydrogen-bond donors (Lipinski definition) is 1. The molecule has 0 aliphatic heterocycles. The fourth-order valence-electron chi connectivity index (χ4n) is 1.77. The molecular weight excluding hydrogens is 205 g/mol. The SMILES string of the molecule is NCCc1cc(F)cc(OCCC2CC2)c1. The molecule has 1 aromatic rings. The Hall–Kier alpha value is -1.09. The molecule has 2 N–H and O–H groups in total. The Kier molecular flexibility index (Phi) is 3.78. The molecule has 2 rings (SSSR count). The summed E-state index contributed by atoms with van der Waals surface area (Å²) in [5.74, 6) is 1.23. The highest BCUT2D eigenvalue weighted by Gasteiger charge is 2.20. The summed E-state index contributed by atoms with van der Waals surface area (Å²) in [6.07, 6.45) is 4.43. The van der Waals surface area contributed by atoms with E-state index in [9.17, 15) is 4.39 Å². The summed E-state index contributed by atoms with van der Waals surface area (Å²) < 4.78 is 18.8. The van der Waals surface area contributed by atoms with Gasteiger partial charge >= 0.3 is 0 Å². The molecule has 0 spiro atoms. The maximum atomic E-state index is 13.2. The minimum absolute atomic E-state index is 0.243. The van der Waals surface area contributed by atoms with Gasteiger partial charge in [0.25, 0.3) is 0 Å². The fourth-order valence-corrected chi connectivity index (χ4v) is 1.77. The van der Waals surface area contributed by atoms with Crippen LogP contribution in [0.3, 0.4) is 0 Å². The van der Waals surface area contributed by atoms with Gasteiger partial charge in [-0.3, -0.25) is 0 Å². The van der Waals surface area contributed by atoms with Crippen molar-refractivity contribution < 1.29 is 9.13 Å². The average molecular weight is 223 g/mol. The Morgan fingerprint density at radius 1 is 1.31 bits per heavy atom. The van der Waals surface area contributed by atoms with E-state index in [1.807, 2.05) is 6.07 Å². The van der Waals surface area contributed by atoms with Crippen molar-refractivity contribution in [2.24, 2.45) is 11.7 Å². The zero-order valence-corrected chi connectivity index (χ0v) is 9.42. The van der Waals surface area contributed by atoms with Crippen molar-refractivity contribution in [3.63, 3.8) is 0 Å². The number of nitrogens with two attached hydrogens (primary N) is 1. The van der Waals surface area contributed by atoms with Gasteiger partial charge < -0.3 is 10.5 Å². The van der Waals surface area contributed by atoms with Gasteiger partial charge in [0.2, 0.25) is 0 Å². The normalized spacial score (nSPS) is 15.1. The molecule has 0 saturated heterocycles. The van der Waals surface area contributed by atoms with Gasteiger partial charge in [0.15, 0.2) is 0 Å². The average Bonchev–Trinajstić information content (AvgIpc) is 3.01. The molecule has 1 aliphatic rings. The highest BCUT2D eigenvalue weighted by Crippen LogP contribution is 2.32. The minimum Gasteiger partial charge on any atom is -0.493 e. The van der Waals surface area contributed by atoms with Crippen LogP contribution >= 0.6 is 0 Å². The topological polar surface area (TPSA) is 35.2 Å². The van der Waals surface area contributed by atoms with Crippen LogP contribution in [0.5, 0.6) is 5.75 Å². The molecule has 0 unspecified atom stereocenters. The lowest BCUT2D eigenvalue weighted by Crippen LogP contribution is -2.04. The van der Waals surface area contributed by atoms with E-state index in [0.29, 0.717) is 25.3 Å². The van der Waals surface area contributed by atoms with Gasteiger partial charge in [0.1, 0.15) is 11.6 Å². The molecule has 3 heteroatoms. The van der Waals surface area contributed by atoms with Gasteiger partial charge in [-0.1, -0.05) is 12.8 Å². The Morgan fingerprint density at radius 3 is 2.81 bits per heavy atom. The van der Waals surface area contributed by atoms with E-state index in [-0.39, 0.29) is 5.82 Å². The van der Waals surface area contributed by atoms with Crippen LogP contribution in [0.25, 0.3) is 0 Å². The zero-order valence-electron chi connectivity index (χ0n) is 9.42. The van der Waals surface area contributed by atoms with Crippen LogP contribution in [0.15, 0.2) is 18.2 Å². The van der Waals surface area contributed by atoms with Crippen molar-refractivity contribution in [2.75, 3.05) is 13.2 Å². The molecule has 16 heavy (non-hydrogen) atoms. The van der Waals surface area contributed by atoms with E-state index >= 15 is 0 Å². The van der Waals surface area contributed by atoms with Gasteiger partial charge in [-0.05, 0) is 43.0 Å². The standard InChI is InChI=1S/C13H18FNO/c14-12-7-11(3-5-15)8-13(9-12)16-6-4-10-1-2-10/h7-10H,1-6,15H2. The molecule has 0 atom stereocenters. The van der Waals surface area contributed by atoms with Crippen molar-refractivity contribution in [3.8, 4) is 5.75 Å². The smallest absolute Gasteiger partial charge is 0.127 e. The molecular formula is C13H18FNO. The summed E-state index contributed by atoms with van der Waals surface area (Å²) in [5.41, 5.74) is 6.35. The van der Waals surface area contributed by atoms with Gasteiger partial charge in [0.05, 0.1) is 6.61 Å². The first-order valence-electron chi connectivity index (χ1n) is 5.90. The molecule has 1 aromatic carbocycles. The van der Waals surface area contributed by atoms with E-state index in [1.165, 1.54) is 25.0 Å². The minimum atomic E-state index is -0.243. The number of benzene rings is 1. The van der Waals surface area contributed by atoms with Crippen molar-refractivity contribution in [1.82, 2.24) is 0 Å². The summed E-state index contributed by atoms with van der Waals surface area (Å²) in [4.78, 5) is 0. The Labute approximate surface area is 95.6 Å². The summed E-state index contributed by atoms with van der Waals surface area (Å²) in [5, 5.41) is 0. The molecule has 0 bridgehead atoms. The zero-order chi connectivity index (χ0) is 11.4. The number of ether oxygens (including phenoxy) is 1. The fraction of sp³-hybridized carbons (Fsp3) is 0.538. The van der Waals surface area contributed by atoms with Crippen LogP contribution in [-0.2, 0) is 6.42 Å². The molecule has 88 valence electrons. The highest BCUT2D eigenvalue weighted by molar-refractivity contribution is 5.29. The van der Waals surface area contributed by atoms with Gasteiger partial charge in [-0.15, -0.1) is 0 Å². The maximum absolute atomic E-state index is 13.2. The lowest BCUT2D eigenvalue weighted by Gasteiger charge is -2.08. The largest absolute Gasteiger partial charge is 0.493 e. The molecule has 0 amide bonds. The highest BCUT2D eigenvalue weighted by atomic mass is 19.1. The second-order valence-corrected chi connectivity index (χ2v) is 4.41. The van der Waals surface area contributed by atoms with Crippen molar-refractivity contribution in [1.29, 1.82) is 0 Å². The molecule has 0 heterocycles. The lowest BCUT2D eigenvalue weighted by molar-refractivity contribution is 0.300. The maximum Gasteiger partial charge on any atom is 0.127 e. The number of rotatable bonds is 6. The third kappa shape index (κ3) is 3.49. The number of halogens is 1. The second-order valence-electron chi connectivity index (χ2n) is 4.41. The summed E-state index contributed by atoms with van der Waals surface area (Å²) in [7, 11) is 0. The summed E-state index contributed by atoms with van der Waals surface area (Å²) >= 11 is 0. The number of hydrogen-bond acceptors (Lipinski definition) is 2. The van der Waals surface area contributed by atoms with Gasteiger partial charge in [-0.25, -0.2) is 4.39 Å². The second kappa shape index (κ2) is 5.30. The monoisotopic (exact) mass is 223 g/mol. The molecule has 1 aliphatic carbocycles. The Bertz CT molecular complexity index is 350. The molecule has 0 radical (unpaired) electrons. The van der Waals surface area contributed by atoms with Crippen LogP contribution in [-0.4, -0.2) is 13.2 Å². The molecule has 2 nitrogen and oxygen atoms in total. The van der Waals surface area contributed by atoms with Crippen molar-refractivity contribution in [2.45, 2.75) is 25.7 Å². The van der Waals surface area contributed by atoms with E-state index < -0.39 is 0 Å². The van der Waals surface area contributed by atoms with Crippen LogP contribution in [0, 0.1) is 11.7 Å². The first kappa shape index (κ1) is 11.4. The quantitative estimate of drug-likeness (QED) is 0.804. The first-order valence-corrected chi connectivity index (χ1v) is 5.90. The lowest BCUT2D eigenvalue weighted by atomic mass is 10.1. The first-order chi connectivity index (χ1) is 7.78. The summed E-state index contributed by atoms with van der Waals surface area (Å²) in [6, 6.07) is 4.83. The Morgan fingerprint density at radius 2 is 2.12 bits per heavy atom. The van der Waals surface area contributed by atoms with Crippen LogP contribution in [0.2, 0.25) is 0 Å².